The van der Waals surface area contributed by atoms with Crippen LogP contribution in [-0.2, 0) is 0 Å². The van der Waals surface area contributed by atoms with Gasteiger partial charge in [0.15, 0.2) is 0 Å². The van der Waals surface area contributed by atoms with Crippen molar-refractivity contribution in [1.82, 2.24) is 0 Å². The largest absolute Gasteiger partial charge is 0.310 e. The van der Waals surface area contributed by atoms with Gasteiger partial charge < -0.3 is 4.90 Å². The second-order valence-corrected chi connectivity index (χ2v) is 10.9. The highest BCUT2D eigenvalue weighted by atomic mass is 35.5. The monoisotopic (exact) mass is 529 g/mol. The molecule has 1 heterocycles. The Labute approximate surface area is 220 Å². The lowest BCUT2D eigenvalue weighted by Crippen LogP contribution is -2.10. The average Bonchev–Trinajstić information content (AvgIpc) is 3.24. The first-order valence-electron chi connectivity index (χ1n) is 11.3. The lowest BCUT2D eigenvalue weighted by molar-refractivity contribution is 0.602. The Bertz CT molecular complexity index is 1700. The fraction of sp³-hybridized carbons (Fsp3) is 0. The minimum Gasteiger partial charge on any atom is -0.310 e. The minimum absolute atomic E-state index is 0.279. The maximum atomic E-state index is 15.4. The number of halogens is 3. The molecule has 0 aliphatic heterocycles. The molecule has 0 radical (unpaired) electrons. The smallest absolute Gasteiger partial charge is 0.139 e. The van der Waals surface area contributed by atoms with Crippen LogP contribution in [0, 0.1) is 11.6 Å². The van der Waals surface area contributed by atoms with Gasteiger partial charge in [-0.25, -0.2) is 8.78 Å². The van der Waals surface area contributed by atoms with Crippen molar-refractivity contribution in [2.24, 2.45) is 0 Å². The van der Waals surface area contributed by atoms with Crippen LogP contribution in [0.15, 0.2) is 119 Å². The molecule has 0 spiro atoms. The second-order valence-electron chi connectivity index (χ2n) is 8.27. The van der Waals surface area contributed by atoms with E-state index in [9.17, 15) is 4.39 Å². The van der Waals surface area contributed by atoms with Crippen LogP contribution in [0.2, 0.25) is 5.02 Å². The summed E-state index contributed by atoms with van der Waals surface area (Å²) in [7, 11) is 0. The van der Waals surface area contributed by atoms with Crippen molar-refractivity contribution >= 4 is 71.9 Å². The van der Waals surface area contributed by atoms with E-state index in [1.54, 1.807) is 23.5 Å². The molecular weight excluding hydrogens is 512 g/mol. The Hall–Kier alpha value is -3.38. The first-order chi connectivity index (χ1) is 17.5. The zero-order valence-electron chi connectivity index (χ0n) is 18.8. The summed E-state index contributed by atoms with van der Waals surface area (Å²) in [5.41, 5.74) is 2.56. The number of hydrogen-bond acceptors (Lipinski definition) is 3. The van der Waals surface area contributed by atoms with Crippen molar-refractivity contribution in [2.45, 2.75) is 9.79 Å². The third-order valence-electron chi connectivity index (χ3n) is 5.87. The average molecular weight is 530 g/mol. The zero-order valence-corrected chi connectivity index (χ0v) is 21.2. The summed E-state index contributed by atoms with van der Waals surface area (Å²) < 4.78 is 31.6. The van der Waals surface area contributed by atoms with Crippen molar-refractivity contribution in [2.75, 3.05) is 4.90 Å². The molecule has 176 valence electrons. The molecule has 0 atom stereocenters. The number of benzene rings is 5. The molecular formula is C30H18ClF2NS2. The molecule has 0 amide bonds. The van der Waals surface area contributed by atoms with E-state index < -0.39 is 5.82 Å². The first kappa shape index (κ1) is 23.0. The van der Waals surface area contributed by atoms with E-state index in [1.165, 1.54) is 38.4 Å². The van der Waals surface area contributed by atoms with Gasteiger partial charge in [0.1, 0.15) is 11.6 Å². The summed E-state index contributed by atoms with van der Waals surface area (Å²) in [6.45, 7) is 0. The molecule has 0 bridgehead atoms. The normalized spacial score (nSPS) is 11.3. The molecule has 6 rings (SSSR count). The van der Waals surface area contributed by atoms with E-state index in [2.05, 4.69) is 36.4 Å². The van der Waals surface area contributed by atoms with Crippen molar-refractivity contribution < 1.29 is 8.78 Å². The fourth-order valence-corrected chi connectivity index (χ4v) is 6.58. The van der Waals surface area contributed by atoms with E-state index in [0.29, 0.717) is 15.5 Å². The minimum atomic E-state index is -0.450. The number of thiophene rings is 1. The van der Waals surface area contributed by atoms with E-state index in [-0.39, 0.29) is 10.8 Å². The highest BCUT2D eigenvalue weighted by molar-refractivity contribution is 7.99. The number of nitrogens with zero attached hydrogens (tertiary/aromatic N) is 1. The number of fused-ring (bicyclic) bond motifs is 3. The Kier molecular flexibility index (Phi) is 6.13. The predicted octanol–water partition coefficient (Wildman–Crippen LogP) is 10.6. The van der Waals surface area contributed by atoms with Crippen LogP contribution in [0.4, 0.5) is 25.8 Å². The van der Waals surface area contributed by atoms with Gasteiger partial charge in [0, 0.05) is 52.0 Å². The molecule has 36 heavy (non-hydrogen) atoms. The third-order valence-corrected chi connectivity index (χ3v) is 8.26. The lowest BCUT2D eigenvalue weighted by atomic mass is 10.1. The highest BCUT2D eigenvalue weighted by Crippen LogP contribution is 2.41. The molecule has 0 aliphatic rings. The van der Waals surface area contributed by atoms with Gasteiger partial charge in [0.2, 0.25) is 0 Å². The van der Waals surface area contributed by atoms with E-state index in [0.717, 1.165) is 23.1 Å². The van der Waals surface area contributed by atoms with Crippen LogP contribution >= 0.6 is 34.7 Å². The highest BCUT2D eigenvalue weighted by Gasteiger charge is 2.17. The van der Waals surface area contributed by atoms with Gasteiger partial charge in [0.25, 0.3) is 0 Å². The summed E-state index contributed by atoms with van der Waals surface area (Å²) in [5.74, 6) is -0.838. The number of para-hydroxylation sites is 1. The van der Waals surface area contributed by atoms with Gasteiger partial charge in [-0.3, -0.25) is 0 Å². The predicted molar refractivity (Wildman–Crippen MR) is 150 cm³/mol. The topological polar surface area (TPSA) is 3.24 Å². The Morgan fingerprint density at radius 1 is 0.639 bits per heavy atom. The third kappa shape index (κ3) is 4.46. The quantitative estimate of drug-likeness (QED) is 0.218. The molecule has 0 fully saturated rings. The van der Waals surface area contributed by atoms with Gasteiger partial charge in [-0.15, -0.1) is 11.3 Å². The van der Waals surface area contributed by atoms with Gasteiger partial charge in [-0.2, -0.15) is 0 Å². The van der Waals surface area contributed by atoms with Crippen LogP contribution in [0.5, 0.6) is 0 Å². The molecule has 0 saturated carbocycles. The summed E-state index contributed by atoms with van der Waals surface area (Å²) in [5, 5.41) is 2.66. The van der Waals surface area contributed by atoms with Crippen molar-refractivity contribution in [3.63, 3.8) is 0 Å². The van der Waals surface area contributed by atoms with Gasteiger partial charge in [-0.1, -0.05) is 59.8 Å². The van der Waals surface area contributed by atoms with E-state index in [1.807, 2.05) is 47.4 Å². The van der Waals surface area contributed by atoms with Crippen LogP contribution < -0.4 is 4.90 Å². The molecule has 1 nitrogen and oxygen atoms in total. The number of hydrogen-bond donors (Lipinski definition) is 0. The number of rotatable bonds is 5. The summed E-state index contributed by atoms with van der Waals surface area (Å²) in [6.07, 6.45) is 0. The summed E-state index contributed by atoms with van der Waals surface area (Å²) in [4.78, 5) is 2.98. The molecule has 0 unspecified atom stereocenters. The van der Waals surface area contributed by atoms with Crippen LogP contribution in [0.25, 0.3) is 20.2 Å². The van der Waals surface area contributed by atoms with Crippen LogP contribution in [0.1, 0.15) is 0 Å². The van der Waals surface area contributed by atoms with Crippen molar-refractivity contribution in [1.29, 1.82) is 0 Å². The maximum Gasteiger partial charge on any atom is 0.139 e. The molecule has 6 heteroatoms. The molecule has 0 aliphatic carbocycles. The standard InChI is InChI=1S/C30H18ClF2NS2/c31-19-14-20(32)16-24(15-19)35-30-13-11-23(18-27(30)33)34(21-6-2-1-3-7-21)22-10-12-29-26(17-22)25-8-4-5-9-28(25)36-29/h1-18H. The molecule has 6 aromatic rings. The summed E-state index contributed by atoms with van der Waals surface area (Å²) >= 11 is 8.88. The Morgan fingerprint density at radius 2 is 1.36 bits per heavy atom. The van der Waals surface area contributed by atoms with E-state index >= 15 is 4.39 Å². The molecule has 5 aromatic carbocycles. The van der Waals surface area contributed by atoms with E-state index in [4.69, 9.17) is 11.6 Å². The lowest BCUT2D eigenvalue weighted by Gasteiger charge is -2.26. The molecule has 0 saturated heterocycles. The van der Waals surface area contributed by atoms with Gasteiger partial charge in [-0.05, 0) is 72.8 Å². The zero-order chi connectivity index (χ0) is 24.6. The Balaban J connectivity index is 1.44. The number of anilines is 3. The SMILES string of the molecule is Fc1cc(Cl)cc(Sc2ccc(N(c3ccccc3)c3ccc4sc5ccccc5c4c3)cc2F)c1. The van der Waals surface area contributed by atoms with Crippen molar-refractivity contribution in [3.05, 3.63) is 126 Å². The molecule has 0 N–H and O–H groups in total. The van der Waals surface area contributed by atoms with Crippen LogP contribution in [-0.4, -0.2) is 0 Å². The van der Waals surface area contributed by atoms with Crippen molar-refractivity contribution in [3.8, 4) is 0 Å². The maximum absolute atomic E-state index is 15.4. The second kappa shape index (κ2) is 9.58. The van der Waals surface area contributed by atoms with Gasteiger partial charge >= 0.3 is 0 Å². The van der Waals surface area contributed by atoms with Crippen LogP contribution in [0.3, 0.4) is 0 Å². The molecule has 1 aromatic heterocycles. The first-order valence-corrected chi connectivity index (χ1v) is 13.3. The van der Waals surface area contributed by atoms with Gasteiger partial charge in [0.05, 0.1) is 0 Å². The summed E-state index contributed by atoms with van der Waals surface area (Å²) in [6, 6.07) is 34.0. The fourth-order valence-electron chi connectivity index (χ4n) is 4.30. The Morgan fingerprint density at radius 3 is 2.17 bits per heavy atom.